The van der Waals surface area contributed by atoms with Crippen LogP contribution < -0.4 is 14.8 Å². The van der Waals surface area contributed by atoms with Crippen LogP contribution in [0.1, 0.15) is 29.8 Å². The van der Waals surface area contributed by atoms with E-state index in [9.17, 15) is 9.90 Å². The minimum Gasteiger partial charge on any atom is -0.508 e. The van der Waals surface area contributed by atoms with E-state index in [0.717, 1.165) is 5.56 Å². The molecule has 5 heteroatoms. The normalized spacial score (nSPS) is 10.2. The van der Waals surface area contributed by atoms with Gasteiger partial charge in [-0.1, -0.05) is 12.1 Å². The highest BCUT2D eigenvalue weighted by Crippen LogP contribution is 2.28. The van der Waals surface area contributed by atoms with Crippen LogP contribution in [0, 0.1) is 0 Å². The summed E-state index contributed by atoms with van der Waals surface area (Å²) in [7, 11) is 0. The largest absolute Gasteiger partial charge is 0.508 e. The molecule has 0 bridgehead atoms. The molecule has 0 aliphatic carbocycles. The van der Waals surface area contributed by atoms with E-state index in [2.05, 4.69) is 5.32 Å². The zero-order valence-electron chi connectivity index (χ0n) is 13.3. The van der Waals surface area contributed by atoms with Crippen LogP contribution in [0.4, 0.5) is 0 Å². The smallest absolute Gasteiger partial charge is 0.251 e. The standard InChI is InChI=1S/C18H21NO4/c1-3-22-16-10-7-14(11-17(16)23-4-2)18(21)19-12-13-5-8-15(20)9-6-13/h5-11,20H,3-4,12H2,1-2H3,(H,19,21). The Kier molecular flexibility index (Phi) is 5.86. The minimum absolute atomic E-state index is 0.193. The number of amides is 1. The molecule has 122 valence electrons. The quantitative estimate of drug-likeness (QED) is 0.824. The SMILES string of the molecule is CCOc1ccc(C(=O)NCc2ccc(O)cc2)cc1OCC. The lowest BCUT2D eigenvalue weighted by atomic mass is 10.1. The molecule has 0 heterocycles. The topological polar surface area (TPSA) is 67.8 Å². The highest BCUT2D eigenvalue weighted by atomic mass is 16.5. The molecular weight excluding hydrogens is 294 g/mol. The number of hydrogen-bond donors (Lipinski definition) is 2. The predicted octanol–water partition coefficient (Wildman–Crippen LogP) is 3.12. The molecule has 0 aliphatic rings. The van der Waals surface area contributed by atoms with Crippen LogP contribution in [0.2, 0.25) is 0 Å². The Morgan fingerprint density at radius 2 is 1.65 bits per heavy atom. The number of rotatable bonds is 7. The molecule has 23 heavy (non-hydrogen) atoms. The summed E-state index contributed by atoms with van der Waals surface area (Å²) >= 11 is 0. The molecule has 5 nitrogen and oxygen atoms in total. The van der Waals surface area contributed by atoms with Crippen molar-refractivity contribution in [2.24, 2.45) is 0 Å². The number of phenolic OH excluding ortho intramolecular Hbond substituents is 1. The number of carbonyl (C=O) groups is 1. The van der Waals surface area contributed by atoms with Gasteiger partial charge in [0.05, 0.1) is 13.2 Å². The molecule has 0 atom stereocenters. The third-order valence-electron chi connectivity index (χ3n) is 3.19. The summed E-state index contributed by atoms with van der Waals surface area (Å²) in [5.41, 5.74) is 1.42. The predicted molar refractivity (Wildman–Crippen MR) is 88.1 cm³/mol. The van der Waals surface area contributed by atoms with E-state index in [0.29, 0.717) is 36.8 Å². The van der Waals surface area contributed by atoms with E-state index in [1.165, 1.54) is 0 Å². The number of carbonyl (C=O) groups excluding carboxylic acids is 1. The van der Waals surface area contributed by atoms with Crippen LogP contribution in [0.25, 0.3) is 0 Å². The first kappa shape index (κ1) is 16.7. The van der Waals surface area contributed by atoms with Crippen LogP contribution in [0.15, 0.2) is 42.5 Å². The average Bonchev–Trinajstić information content (AvgIpc) is 2.56. The number of nitrogens with one attached hydrogen (secondary N) is 1. The van der Waals surface area contributed by atoms with Crippen molar-refractivity contribution in [3.8, 4) is 17.2 Å². The number of ether oxygens (including phenoxy) is 2. The number of hydrogen-bond acceptors (Lipinski definition) is 4. The molecule has 0 aromatic heterocycles. The monoisotopic (exact) mass is 315 g/mol. The lowest BCUT2D eigenvalue weighted by Crippen LogP contribution is -2.22. The van der Waals surface area contributed by atoms with Crippen molar-refractivity contribution in [1.29, 1.82) is 0 Å². The van der Waals surface area contributed by atoms with Crippen molar-refractivity contribution in [2.75, 3.05) is 13.2 Å². The summed E-state index contributed by atoms with van der Waals surface area (Å²) in [6.07, 6.45) is 0. The maximum atomic E-state index is 12.3. The first-order chi connectivity index (χ1) is 11.1. The van der Waals surface area contributed by atoms with Gasteiger partial charge in [0.2, 0.25) is 0 Å². The van der Waals surface area contributed by atoms with Gasteiger partial charge in [-0.25, -0.2) is 0 Å². The second-order valence-electron chi connectivity index (χ2n) is 4.88. The second-order valence-corrected chi connectivity index (χ2v) is 4.88. The fourth-order valence-corrected chi connectivity index (χ4v) is 2.09. The van der Waals surface area contributed by atoms with Crippen LogP contribution in [0.5, 0.6) is 17.2 Å². The van der Waals surface area contributed by atoms with E-state index in [1.807, 2.05) is 13.8 Å². The summed E-state index contributed by atoms with van der Waals surface area (Å²) in [6.45, 7) is 5.20. The Morgan fingerprint density at radius 3 is 2.30 bits per heavy atom. The molecule has 2 N–H and O–H groups in total. The molecule has 2 aromatic rings. The van der Waals surface area contributed by atoms with Gasteiger partial charge in [0.15, 0.2) is 11.5 Å². The van der Waals surface area contributed by atoms with E-state index >= 15 is 0 Å². The van der Waals surface area contributed by atoms with Gasteiger partial charge in [-0.2, -0.15) is 0 Å². The van der Waals surface area contributed by atoms with Gasteiger partial charge in [-0.3, -0.25) is 4.79 Å². The molecule has 0 spiro atoms. The molecule has 1 amide bonds. The van der Waals surface area contributed by atoms with Gasteiger partial charge >= 0.3 is 0 Å². The average molecular weight is 315 g/mol. The maximum absolute atomic E-state index is 12.3. The Hall–Kier alpha value is -2.69. The molecule has 0 radical (unpaired) electrons. The summed E-state index contributed by atoms with van der Waals surface area (Å²) < 4.78 is 11.0. The van der Waals surface area contributed by atoms with E-state index in [1.54, 1.807) is 42.5 Å². The third kappa shape index (κ3) is 4.64. The Labute approximate surface area is 135 Å². The molecule has 0 fully saturated rings. The van der Waals surface area contributed by atoms with Crippen LogP contribution in [-0.4, -0.2) is 24.2 Å². The zero-order chi connectivity index (χ0) is 16.7. The molecule has 2 rings (SSSR count). The highest BCUT2D eigenvalue weighted by molar-refractivity contribution is 5.94. The fourth-order valence-electron chi connectivity index (χ4n) is 2.09. The first-order valence-electron chi connectivity index (χ1n) is 7.59. The lowest BCUT2D eigenvalue weighted by molar-refractivity contribution is 0.0950. The fraction of sp³-hybridized carbons (Fsp3) is 0.278. The molecular formula is C18H21NO4. The van der Waals surface area contributed by atoms with E-state index in [-0.39, 0.29) is 11.7 Å². The van der Waals surface area contributed by atoms with Gasteiger partial charge in [0.25, 0.3) is 5.91 Å². The Bertz CT molecular complexity index is 653. The van der Waals surface area contributed by atoms with Crippen molar-refractivity contribution < 1.29 is 19.4 Å². The van der Waals surface area contributed by atoms with Crippen molar-refractivity contribution in [2.45, 2.75) is 20.4 Å². The second kappa shape index (κ2) is 8.08. The molecule has 2 aromatic carbocycles. The van der Waals surface area contributed by atoms with Gasteiger partial charge in [-0.05, 0) is 49.7 Å². The molecule has 0 unspecified atom stereocenters. The highest BCUT2D eigenvalue weighted by Gasteiger charge is 2.11. The van der Waals surface area contributed by atoms with Crippen LogP contribution in [-0.2, 0) is 6.54 Å². The summed E-state index contributed by atoms with van der Waals surface area (Å²) in [5, 5.41) is 12.1. The van der Waals surface area contributed by atoms with Crippen LogP contribution >= 0.6 is 0 Å². The number of aromatic hydroxyl groups is 1. The van der Waals surface area contributed by atoms with Gasteiger partial charge in [-0.15, -0.1) is 0 Å². The molecule has 0 saturated carbocycles. The number of benzene rings is 2. The van der Waals surface area contributed by atoms with Gasteiger partial charge in [0, 0.05) is 12.1 Å². The number of phenols is 1. The summed E-state index contributed by atoms with van der Waals surface area (Å²) in [6, 6.07) is 11.8. The third-order valence-corrected chi connectivity index (χ3v) is 3.19. The summed E-state index contributed by atoms with van der Waals surface area (Å²) in [5.74, 6) is 1.20. The van der Waals surface area contributed by atoms with E-state index < -0.39 is 0 Å². The first-order valence-corrected chi connectivity index (χ1v) is 7.59. The minimum atomic E-state index is -0.193. The van der Waals surface area contributed by atoms with Crippen molar-refractivity contribution in [3.05, 3.63) is 53.6 Å². The van der Waals surface area contributed by atoms with Gasteiger partial charge in [0.1, 0.15) is 5.75 Å². The maximum Gasteiger partial charge on any atom is 0.251 e. The molecule has 0 saturated heterocycles. The van der Waals surface area contributed by atoms with E-state index in [4.69, 9.17) is 9.47 Å². The lowest BCUT2D eigenvalue weighted by Gasteiger charge is -2.12. The summed E-state index contributed by atoms with van der Waals surface area (Å²) in [4.78, 5) is 12.3. The Balaban J connectivity index is 2.06. The Morgan fingerprint density at radius 1 is 1.00 bits per heavy atom. The molecule has 0 aliphatic heterocycles. The van der Waals surface area contributed by atoms with Crippen molar-refractivity contribution in [3.63, 3.8) is 0 Å². The van der Waals surface area contributed by atoms with Crippen molar-refractivity contribution in [1.82, 2.24) is 5.32 Å². The van der Waals surface area contributed by atoms with Gasteiger partial charge < -0.3 is 19.9 Å². The van der Waals surface area contributed by atoms with Crippen LogP contribution in [0.3, 0.4) is 0 Å². The van der Waals surface area contributed by atoms with Crippen molar-refractivity contribution >= 4 is 5.91 Å². The zero-order valence-corrected chi connectivity index (χ0v) is 13.3.